The van der Waals surface area contributed by atoms with Gasteiger partial charge in [0, 0.05) is 11.9 Å². The molecule has 0 aliphatic carbocycles. The van der Waals surface area contributed by atoms with E-state index in [0.717, 1.165) is 11.3 Å². The minimum absolute atomic E-state index is 0.356. The molecular weight excluding hydrogens is 332 g/mol. The Hall–Kier alpha value is -3.68. The average molecular weight is 350 g/mol. The molecule has 0 aliphatic heterocycles. The molecule has 2 aromatic heterocycles. The molecule has 0 radical (unpaired) electrons. The van der Waals surface area contributed by atoms with Gasteiger partial charge in [0.2, 0.25) is 0 Å². The summed E-state index contributed by atoms with van der Waals surface area (Å²) >= 11 is 0. The number of nitrogen functional groups attached to an aromatic ring is 1. The number of aromatic nitrogens is 3. The number of nitrogens with two attached hydrogens (primary N) is 1. The molecule has 0 amide bonds. The SMILES string of the molecule is COC(=O)c1ccc(Nc2ncnc(Nc3ncccc3C)c2N)cc1. The van der Waals surface area contributed by atoms with Crippen molar-refractivity contribution in [1.82, 2.24) is 15.0 Å². The van der Waals surface area contributed by atoms with E-state index in [4.69, 9.17) is 5.73 Å². The van der Waals surface area contributed by atoms with Crippen LogP contribution < -0.4 is 16.4 Å². The molecule has 0 unspecified atom stereocenters. The van der Waals surface area contributed by atoms with Crippen molar-refractivity contribution in [2.75, 3.05) is 23.5 Å². The maximum absolute atomic E-state index is 11.5. The molecule has 8 nitrogen and oxygen atoms in total. The quantitative estimate of drug-likeness (QED) is 0.601. The third kappa shape index (κ3) is 3.69. The van der Waals surface area contributed by atoms with Crippen molar-refractivity contribution in [3.63, 3.8) is 0 Å². The molecule has 132 valence electrons. The van der Waals surface area contributed by atoms with Crippen LogP contribution in [0.3, 0.4) is 0 Å². The summed E-state index contributed by atoms with van der Waals surface area (Å²) in [7, 11) is 1.34. The first kappa shape index (κ1) is 17.2. The lowest BCUT2D eigenvalue weighted by molar-refractivity contribution is 0.0601. The Bertz CT molecular complexity index is 927. The maximum Gasteiger partial charge on any atom is 0.337 e. The minimum Gasteiger partial charge on any atom is -0.465 e. The van der Waals surface area contributed by atoms with Crippen LogP contribution in [-0.2, 0) is 4.74 Å². The Balaban J connectivity index is 1.81. The highest BCUT2D eigenvalue weighted by molar-refractivity contribution is 5.90. The first-order chi connectivity index (χ1) is 12.6. The number of anilines is 5. The van der Waals surface area contributed by atoms with Gasteiger partial charge in [-0.2, -0.15) is 0 Å². The van der Waals surface area contributed by atoms with Crippen molar-refractivity contribution in [1.29, 1.82) is 0 Å². The number of aryl methyl sites for hydroxylation is 1. The lowest BCUT2D eigenvalue weighted by atomic mass is 10.2. The van der Waals surface area contributed by atoms with Crippen LogP contribution in [0, 0.1) is 6.92 Å². The lowest BCUT2D eigenvalue weighted by Gasteiger charge is -2.13. The predicted molar refractivity (Wildman–Crippen MR) is 99.8 cm³/mol. The molecule has 3 rings (SSSR count). The highest BCUT2D eigenvalue weighted by Gasteiger charge is 2.11. The summed E-state index contributed by atoms with van der Waals surface area (Å²) in [5, 5.41) is 6.22. The predicted octanol–water partition coefficient (Wildman–Crippen LogP) is 3.04. The second-order valence-electron chi connectivity index (χ2n) is 5.47. The molecule has 8 heteroatoms. The van der Waals surface area contributed by atoms with Crippen LogP contribution in [0.4, 0.5) is 28.8 Å². The number of nitrogens with zero attached hydrogens (tertiary/aromatic N) is 3. The standard InChI is InChI=1S/C18H18N6O2/c1-11-4-3-9-20-15(11)24-17-14(19)16(21-10-22-17)23-13-7-5-12(6-8-13)18(25)26-2/h3-10H,19H2,1-2H3,(H2,20,21,22,23,24). The Morgan fingerprint density at radius 2 is 1.69 bits per heavy atom. The van der Waals surface area contributed by atoms with Crippen LogP contribution in [0.5, 0.6) is 0 Å². The van der Waals surface area contributed by atoms with E-state index in [-0.39, 0.29) is 0 Å². The van der Waals surface area contributed by atoms with Gasteiger partial charge in [-0.15, -0.1) is 0 Å². The van der Waals surface area contributed by atoms with Crippen molar-refractivity contribution in [3.05, 3.63) is 60.0 Å². The molecule has 0 atom stereocenters. The van der Waals surface area contributed by atoms with Crippen molar-refractivity contribution in [3.8, 4) is 0 Å². The zero-order valence-corrected chi connectivity index (χ0v) is 14.4. The molecule has 0 spiro atoms. The molecule has 4 N–H and O–H groups in total. The summed E-state index contributed by atoms with van der Waals surface area (Å²) in [6.45, 7) is 1.94. The van der Waals surface area contributed by atoms with E-state index >= 15 is 0 Å². The summed E-state index contributed by atoms with van der Waals surface area (Å²) in [6.07, 6.45) is 3.09. The zero-order valence-electron chi connectivity index (χ0n) is 14.4. The first-order valence-corrected chi connectivity index (χ1v) is 7.83. The van der Waals surface area contributed by atoms with Crippen LogP contribution in [0.1, 0.15) is 15.9 Å². The molecule has 0 saturated heterocycles. The van der Waals surface area contributed by atoms with Gasteiger partial charge in [0.25, 0.3) is 0 Å². The van der Waals surface area contributed by atoms with Gasteiger partial charge in [0.05, 0.1) is 12.7 Å². The van der Waals surface area contributed by atoms with Gasteiger partial charge in [0.15, 0.2) is 11.6 Å². The van der Waals surface area contributed by atoms with Gasteiger partial charge < -0.3 is 21.1 Å². The van der Waals surface area contributed by atoms with E-state index in [1.807, 2.05) is 19.1 Å². The third-order valence-electron chi connectivity index (χ3n) is 3.70. The molecule has 0 fully saturated rings. The molecule has 0 aliphatic rings. The second kappa shape index (κ2) is 7.47. The van der Waals surface area contributed by atoms with Gasteiger partial charge >= 0.3 is 5.97 Å². The van der Waals surface area contributed by atoms with Crippen LogP contribution in [0.2, 0.25) is 0 Å². The molecule has 26 heavy (non-hydrogen) atoms. The smallest absolute Gasteiger partial charge is 0.337 e. The van der Waals surface area contributed by atoms with Gasteiger partial charge in [-0.1, -0.05) is 6.07 Å². The number of carbonyl (C=O) groups is 1. The van der Waals surface area contributed by atoms with E-state index in [9.17, 15) is 4.79 Å². The topological polar surface area (TPSA) is 115 Å². The molecule has 0 saturated carbocycles. The molecule has 1 aromatic carbocycles. The molecule has 3 aromatic rings. The van der Waals surface area contributed by atoms with Crippen molar-refractivity contribution in [2.45, 2.75) is 6.92 Å². The number of pyridine rings is 1. The minimum atomic E-state index is -0.393. The second-order valence-corrected chi connectivity index (χ2v) is 5.47. The maximum atomic E-state index is 11.5. The third-order valence-corrected chi connectivity index (χ3v) is 3.70. The van der Waals surface area contributed by atoms with Gasteiger partial charge in [-0.05, 0) is 42.8 Å². The van der Waals surface area contributed by atoms with Crippen molar-refractivity contribution < 1.29 is 9.53 Å². The van der Waals surface area contributed by atoms with Gasteiger partial charge in [-0.3, -0.25) is 0 Å². The number of hydrogen-bond acceptors (Lipinski definition) is 8. The fraction of sp³-hybridized carbons (Fsp3) is 0.111. The molecule has 2 heterocycles. The van der Waals surface area contributed by atoms with Crippen LogP contribution in [0.25, 0.3) is 0 Å². The molecule has 0 bridgehead atoms. The number of esters is 1. The van der Waals surface area contributed by atoms with Crippen LogP contribution in [-0.4, -0.2) is 28.0 Å². The Labute approximate surface area is 150 Å². The Kier molecular flexibility index (Phi) is 4.93. The van der Waals surface area contributed by atoms with E-state index < -0.39 is 5.97 Å². The number of carbonyl (C=O) groups excluding carboxylic acids is 1. The van der Waals surface area contributed by atoms with Gasteiger partial charge in [0.1, 0.15) is 17.8 Å². The summed E-state index contributed by atoms with van der Waals surface area (Å²) < 4.78 is 4.68. The number of methoxy groups -OCH3 is 1. The largest absolute Gasteiger partial charge is 0.465 e. The summed E-state index contributed by atoms with van der Waals surface area (Å²) in [6, 6.07) is 10.6. The van der Waals surface area contributed by atoms with Gasteiger partial charge in [-0.25, -0.2) is 19.7 Å². The van der Waals surface area contributed by atoms with Crippen LogP contribution >= 0.6 is 0 Å². The lowest BCUT2D eigenvalue weighted by Crippen LogP contribution is -2.06. The zero-order chi connectivity index (χ0) is 18.5. The highest BCUT2D eigenvalue weighted by Crippen LogP contribution is 2.28. The van der Waals surface area contributed by atoms with E-state index in [0.29, 0.717) is 28.7 Å². The monoisotopic (exact) mass is 350 g/mol. The highest BCUT2D eigenvalue weighted by atomic mass is 16.5. The number of benzene rings is 1. The first-order valence-electron chi connectivity index (χ1n) is 7.83. The Morgan fingerprint density at radius 3 is 2.35 bits per heavy atom. The summed E-state index contributed by atoms with van der Waals surface area (Å²) in [4.78, 5) is 24.1. The summed E-state index contributed by atoms with van der Waals surface area (Å²) in [5.41, 5.74) is 8.69. The number of rotatable bonds is 5. The fourth-order valence-electron chi connectivity index (χ4n) is 2.27. The number of nitrogens with one attached hydrogen (secondary N) is 2. The number of ether oxygens (including phenoxy) is 1. The summed E-state index contributed by atoms with van der Waals surface area (Å²) in [5.74, 6) is 1.18. The molecular formula is C18H18N6O2. The van der Waals surface area contributed by atoms with Crippen LogP contribution in [0.15, 0.2) is 48.9 Å². The van der Waals surface area contributed by atoms with Crippen molar-refractivity contribution in [2.24, 2.45) is 0 Å². The van der Waals surface area contributed by atoms with E-state index in [1.54, 1.807) is 30.5 Å². The van der Waals surface area contributed by atoms with E-state index in [2.05, 4.69) is 30.3 Å². The average Bonchev–Trinajstić information content (AvgIpc) is 2.66. The van der Waals surface area contributed by atoms with E-state index in [1.165, 1.54) is 13.4 Å². The normalized spacial score (nSPS) is 10.2. The Morgan fingerprint density at radius 1 is 1.00 bits per heavy atom. The fourth-order valence-corrected chi connectivity index (χ4v) is 2.27. The number of hydrogen-bond donors (Lipinski definition) is 3. The van der Waals surface area contributed by atoms with Crippen molar-refractivity contribution >= 4 is 34.8 Å².